The summed E-state index contributed by atoms with van der Waals surface area (Å²) in [4.78, 5) is 13.4. The van der Waals surface area contributed by atoms with E-state index in [2.05, 4.69) is 20.8 Å². The summed E-state index contributed by atoms with van der Waals surface area (Å²) in [5, 5.41) is 0. The van der Waals surface area contributed by atoms with Crippen molar-refractivity contribution >= 4 is 11.7 Å². The molecule has 0 aliphatic heterocycles. The first-order chi connectivity index (χ1) is 10.6. The Kier molecular flexibility index (Phi) is 11.3. The van der Waals surface area contributed by atoms with E-state index in [1.54, 1.807) is 18.2 Å². The number of carbonyl (C=O) groups excluding carboxylic acids is 1. The minimum Gasteiger partial charge on any atom is -1.00 e. The largest absolute Gasteiger partial charge is 1.00 e. The van der Waals surface area contributed by atoms with Crippen LogP contribution in [0.2, 0.25) is 0 Å². The van der Waals surface area contributed by atoms with Crippen LogP contribution < -0.4 is 27.8 Å². The third-order valence-corrected chi connectivity index (χ3v) is 3.69. The number of rotatable bonds is 10. The predicted octanol–water partition coefficient (Wildman–Crippen LogP) is -1.47. The number of ether oxygens (including phenoxy) is 2. The molecule has 5 nitrogen and oxygen atoms in total. The number of quaternary nitrogens is 1. The van der Waals surface area contributed by atoms with Gasteiger partial charge in [0.05, 0.1) is 30.9 Å². The van der Waals surface area contributed by atoms with E-state index in [0.29, 0.717) is 30.2 Å². The normalized spacial score (nSPS) is 10.3. The summed E-state index contributed by atoms with van der Waals surface area (Å²) in [5.41, 5.74) is 6.86. The number of esters is 1. The van der Waals surface area contributed by atoms with Crippen molar-refractivity contribution in [3.8, 4) is 5.75 Å². The van der Waals surface area contributed by atoms with E-state index in [0.717, 1.165) is 32.5 Å². The lowest BCUT2D eigenvalue weighted by atomic mass is 10.2. The van der Waals surface area contributed by atoms with Crippen LogP contribution in [0.15, 0.2) is 18.2 Å². The molecule has 0 aliphatic carbocycles. The number of benzene rings is 1. The van der Waals surface area contributed by atoms with E-state index < -0.39 is 0 Å². The Hall–Kier alpha value is -1.46. The van der Waals surface area contributed by atoms with Crippen molar-refractivity contribution in [2.45, 2.75) is 33.6 Å². The highest BCUT2D eigenvalue weighted by Crippen LogP contribution is 2.23. The van der Waals surface area contributed by atoms with Gasteiger partial charge >= 0.3 is 5.97 Å². The molecule has 0 spiro atoms. The first-order valence-electron chi connectivity index (χ1n) is 8.15. The maximum Gasteiger partial charge on any atom is 0.338 e. The fourth-order valence-corrected chi connectivity index (χ4v) is 2.11. The third-order valence-electron chi connectivity index (χ3n) is 3.69. The molecule has 0 unspecified atom stereocenters. The Bertz CT molecular complexity index is 465. The van der Waals surface area contributed by atoms with Crippen LogP contribution in [-0.2, 0) is 4.74 Å². The summed E-state index contributed by atoms with van der Waals surface area (Å²) < 4.78 is 10.9. The van der Waals surface area contributed by atoms with Crippen molar-refractivity contribution in [1.82, 2.24) is 0 Å². The van der Waals surface area contributed by atoms with Gasteiger partial charge < -0.3 is 32.5 Å². The standard InChI is InChI=1S/C17H28N2O3.ClH/c1-4-7-11-21-16-9-8-14(13-15(16)18)17(20)22-12-10-19(5-2)6-3;/h8-9,13H,4-7,10-12,18H2,1-3H3;1H. The zero-order valence-corrected chi connectivity index (χ0v) is 15.1. The van der Waals surface area contributed by atoms with E-state index in [9.17, 15) is 4.79 Å². The summed E-state index contributed by atoms with van der Waals surface area (Å²) in [7, 11) is 0. The Morgan fingerprint density at radius 1 is 1.17 bits per heavy atom. The number of halogens is 1. The van der Waals surface area contributed by atoms with Crippen molar-refractivity contribution in [2.24, 2.45) is 0 Å². The van der Waals surface area contributed by atoms with Gasteiger partial charge in [0, 0.05) is 0 Å². The van der Waals surface area contributed by atoms with Crippen molar-refractivity contribution in [3.63, 3.8) is 0 Å². The molecule has 0 bridgehead atoms. The average Bonchev–Trinajstić information content (AvgIpc) is 2.53. The van der Waals surface area contributed by atoms with Crippen LogP contribution in [0, 0.1) is 0 Å². The highest BCUT2D eigenvalue weighted by atomic mass is 35.5. The molecule has 132 valence electrons. The van der Waals surface area contributed by atoms with Gasteiger partial charge in [-0.3, -0.25) is 0 Å². The molecule has 1 aromatic rings. The zero-order valence-electron chi connectivity index (χ0n) is 14.4. The third kappa shape index (κ3) is 7.57. The summed E-state index contributed by atoms with van der Waals surface area (Å²) >= 11 is 0. The van der Waals surface area contributed by atoms with Crippen LogP contribution >= 0.6 is 0 Å². The summed E-state index contributed by atoms with van der Waals surface area (Å²) in [6.45, 7) is 10.3. The summed E-state index contributed by atoms with van der Waals surface area (Å²) in [6, 6.07) is 5.05. The second-order valence-electron chi connectivity index (χ2n) is 5.30. The van der Waals surface area contributed by atoms with Crippen LogP contribution in [0.5, 0.6) is 5.75 Å². The number of nitrogens with two attached hydrogens (primary N) is 1. The van der Waals surface area contributed by atoms with E-state index >= 15 is 0 Å². The topological polar surface area (TPSA) is 66.0 Å². The first-order valence-corrected chi connectivity index (χ1v) is 8.15. The summed E-state index contributed by atoms with van der Waals surface area (Å²) in [5.74, 6) is 0.288. The van der Waals surface area contributed by atoms with Crippen LogP contribution in [-0.4, -0.2) is 38.8 Å². The molecule has 0 aliphatic rings. The fourth-order valence-electron chi connectivity index (χ4n) is 2.11. The van der Waals surface area contributed by atoms with Gasteiger partial charge in [0.2, 0.25) is 0 Å². The zero-order chi connectivity index (χ0) is 16.4. The quantitative estimate of drug-likeness (QED) is 0.309. The molecule has 23 heavy (non-hydrogen) atoms. The highest BCUT2D eigenvalue weighted by Gasteiger charge is 2.11. The first kappa shape index (κ1) is 21.5. The predicted molar refractivity (Wildman–Crippen MR) is 88.5 cm³/mol. The maximum absolute atomic E-state index is 12.0. The van der Waals surface area contributed by atoms with E-state index in [1.807, 2.05) is 0 Å². The lowest BCUT2D eigenvalue weighted by Gasteiger charge is -2.15. The number of carbonyl (C=O) groups is 1. The van der Waals surface area contributed by atoms with Gasteiger partial charge in [0.15, 0.2) is 0 Å². The van der Waals surface area contributed by atoms with Crippen LogP contribution in [0.1, 0.15) is 44.0 Å². The van der Waals surface area contributed by atoms with Crippen molar-refractivity contribution < 1.29 is 31.6 Å². The number of hydrogen-bond acceptors (Lipinski definition) is 4. The van der Waals surface area contributed by atoms with Gasteiger partial charge in [-0.25, -0.2) is 4.79 Å². The Morgan fingerprint density at radius 2 is 1.87 bits per heavy atom. The minimum absolute atomic E-state index is 0. The molecule has 0 atom stereocenters. The van der Waals surface area contributed by atoms with Crippen molar-refractivity contribution in [2.75, 3.05) is 38.6 Å². The molecule has 0 amide bonds. The molecule has 0 heterocycles. The molecule has 0 aromatic heterocycles. The number of nitrogens with one attached hydrogen (secondary N) is 1. The average molecular weight is 345 g/mol. The van der Waals surface area contributed by atoms with E-state index in [4.69, 9.17) is 15.2 Å². The van der Waals surface area contributed by atoms with Gasteiger partial charge in [-0.2, -0.15) is 0 Å². The number of likely N-dealkylation sites (N-methyl/N-ethyl adjacent to an activating group) is 1. The number of unbranched alkanes of at least 4 members (excludes halogenated alkanes) is 1. The molecular formula is C17H29ClN2O3. The van der Waals surface area contributed by atoms with Crippen molar-refractivity contribution in [3.05, 3.63) is 23.8 Å². The SMILES string of the molecule is CCCCOc1ccc(C(=O)OCC[NH+](CC)CC)cc1N.[Cl-]. The number of hydrogen-bond donors (Lipinski definition) is 2. The summed E-state index contributed by atoms with van der Waals surface area (Å²) in [6.07, 6.45) is 2.05. The van der Waals surface area contributed by atoms with Crippen molar-refractivity contribution in [1.29, 1.82) is 0 Å². The molecule has 3 N–H and O–H groups in total. The number of anilines is 1. The van der Waals surface area contributed by atoms with Gasteiger partial charge in [-0.1, -0.05) is 13.3 Å². The molecule has 0 fully saturated rings. The molecular weight excluding hydrogens is 316 g/mol. The monoisotopic (exact) mass is 344 g/mol. The molecule has 1 aromatic carbocycles. The Balaban J connectivity index is 0.00000484. The minimum atomic E-state index is -0.335. The fraction of sp³-hybridized carbons (Fsp3) is 0.588. The molecule has 1 rings (SSSR count). The smallest absolute Gasteiger partial charge is 0.338 e. The maximum atomic E-state index is 12.0. The van der Waals surface area contributed by atoms with Crippen LogP contribution in [0.3, 0.4) is 0 Å². The van der Waals surface area contributed by atoms with Crippen LogP contribution in [0.25, 0.3) is 0 Å². The molecule has 0 saturated carbocycles. The molecule has 0 saturated heterocycles. The highest BCUT2D eigenvalue weighted by molar-refractivity contribution is 5.91. The lowest BCUT2D eigenvalue weighted by molar-refractivity contribution is -0.896. The Labute approximate surface area is 145 Å². The van der Waals surface area contributed by atoms with E-state index in [-0.39, 0.29) is 18.4 Å². The second-order valence-corrected chi connectivity index (χ2v) is 5.30. The Morgan fingerprint density at radius 3 is 2.43 bits per heavy atom. The van der Waals surface area contributed by atoms with Gasteiger partial charge in [0.25, 0.3) is 0 Å². The van der Waals surface area contributed by atoms with Gasteiger partial charge in [-0.05, 0) is 38.5 Å². The second kappa shape index (κ2) is 12.0. The van der Waals surface area contributed by atoms with Gasteiger partial charge in [-0.15, -0.1) is 0 Å². The van der Waals surface area contributed by atoms with Gasteiger partial charge in [0.1, 0.15) is 18.9 Å². The van der Waals surface area contributed by atoms with E-state index in [1.165, 1.54) is 4.90 Å². The lowest BCUT2D eigenvalue weighted by Crippen LogP contribution is -3.11. The van der Waals surface area contributed by atoms with Crippen LogP contribution in [0.4, 0.5) is 5.69 Å². The molecule has 6 heteroatoms. The number of nitrogen functional groups attached to an aromatic ring is 1. The molecule has 0 radical (unpaired) electrons.